The van der Waals surface area contributed by atoms with Crippen LogP contribution in [0.4, 0.5) is 5.69 Å². The van der Waals surface area contributed by atoms with E-state index in [2.05, 4.69) is 0 Å². The van der Waals surface area contributed by atoms with Gasteiger partial charge in [-0.2, -0.15) is 0 Å². The Kier molecular flexibility index (Phi) is 7.03. The molecule has 1 fully saturated rings. The van der Waals surface area contributed by atoms with Crippen molar-refractivity contribution in [2.24, 2.45) is 0 Å². The zero-order valence-electron chi connectivity index (χ0n) is 19.6. The summed E-state index contributed by atoms with van der Waals surface area (Å²) in [6, 6.07) is 10.7. The molecule has 0 aromatic heterocycles. The normalized spacial score (nSPS) is 15.8. The highest BCUT2D eigenvalue weighted by Crippen LogP contribution is 2.33. The Labute approximate surface area is 199 Å². The molecule has 1 saturated heterocycles. The van der Waals surface area contributed by atoms with Gasteiger partial charge in [0.15, 0.2) is 23.0 Å². The lowest BCUT2D eigenvalue weighted by molar-refractivity contribution is -0.917. The van der Waals surface area contributed by atoms with Gasteiger partial charge < -0.3 is 28.7 Å². The van der Waals surface area contributed by atoms with Gasteiger partial charge in [-0.25, -0.2) is 8.42 Å². The second kappa shape index (κ2) is 9.98. The van der Waals surface area contributed by atoms with Crippen molar-refractivity contribution < 1.29 is 37.1 Å². The van der Waals surface area contributed by atoms with E-state index in [0.717, 1.165) is 47.3 Å². The molecule has 1 N–H and O–H groups in total. The van der Waals surface area contributed by atoms with Gasteiger partial charge in [-0.1, -0.05) is 0 Å². The molecule has 2 aromatic carbocycles. The van der Waals surface area contributed by atoms with E-state index in [0.29, 0.717) is 30.3 Å². The van der Waals surface area contributed by atoms with Crippen molar-refractivity contribution >= 4 is 21.6 Å². The molecular formula is C23H30N3O7S+. The standard InChI is InChI=1S/C23H29N3O7S/c1-30-19-7-5-18(13-21(19)31-2)26(34(3,28)29)15-23(27)25-10-8-24(9-11-25)14-17-4-6-20-22(12-17)33-16-32-20/h4-7,12-13H,8-11,14-16H2,1-3H3/p+1. The molecule has 2 aromatic rings. The third-order valence-electron chi connectivity index (χ3n) is 6.05. The quantitative estimate of drug-likeness (QED) is 0.559. The number of rotatable bonds is 8. The topological polar surface area (TPSA) is 99.0 Å². The summed E-state index contributed by atoms with van der Waals surface area (Å²) >= 11 is 0. The summed E-state index contributed by atoms with van der Waals surface area (Å²) in [5, 5.41) is 0. The van der Waals surface area contributed by atoms with Gasteiger partial charge in [0.25, 0.3) is 0 Å². The van der Waals surface area contributed by atoms with Crippen molar-refractivity contribution in [1.82, 2.24) is 4.90 Å². The van der Waals surface area contributed by atoms with Gasteiger partial charge in [-0.3, -0.25) is 9.10 Å². The first-order chi connectivity index (χ1) is 16.3. The lowest BCUT2D eigenvalue weighted by atomic mass is 10.1. The number of carbonyl (C=O) groups is 1. The molecule has 0 bridgehead atoms. The molecule has 34 heavy (non-hydrogen) atoms. The lowest BCUT2D eigenvalue weighted by Gasteiger charge is -2.33. The number of anilines is 1. The smallest absolute Gasteiger partial charge is 0.243 e. The van der Waals surface area contributed by atoms with Crippen molar-refractivity contribution in [3.63, 3.8) is 0 Å². The van der Waals surface area contributed by atoms with E-state index in [1.807, 2.05) is 18.2 Å². The van der Waals surface area contributed by atoms with Gasteiger partial charge in [0, 0.05) is 11.6 Å². The summed E-state index contributed by atoms with van der Waals surface area (Å²) in [6.07, 6.45) is 1.09. The molecule has 11 heteroatoms. The third kappa shape index (κ3) is 5.31. The molecule has 10 nitrogen and oxygen atoms in total. The predicted octanol–water partition coefficient (Wildman–Crippen LogP) is 0.126. The van der Waals surface area contributed by atoms with Crippen LogP contribution in [0.1, 0.15) is 5.56 Å². The Morgan fingerprint density at radius 1 is 1.03 bits per heavy atom. The van der Waals surface area contributed by atoms with Crippen molar-refractivity contribution in [3.8, 4) is 23.0 Å². The molecule has 1 amide bonds. The Morgan fingerprint density at radius 3 is 2.41 bits per heavy atom. The monoisotopic (exact) mass is 492 g/mol. The van der Waals surface area contributed by atoms with Gasteiger partial charge >= 0.3 is 0 Å². The highest BCUT2D eigenvalue weighted by Gasteiger charge is 2.29. The van der Waals surface area contributed by atoms with Crippen LogP contribution in [-0.4, -0.2) is 79.2 Å². The van der Waals surface area contributed by atoms with Crippen LogP contribution >= 0.6 is 0 Å². The summed E-state index contributed by atoms with van der Waals surface area (Å²) in [5.74, 6) is 2.16. The molecule has 0 saturated carbocycles. The largest absolute Gasteiger partial charge is 0.493 e. The number of benzene rings is 2. The number of amides is 1. The van der Waals surface area contributed by atoms with E-state index < -0.39 is 10.0 Å². The van der Waals surface area contributed by atoms with Gasteiger partial charge in [0.2, 0.25) is 22.7 Å². The second-order valence-electron chi connectivity index (χ2n) is 8.30. The zero-order valence-corrected chi connectivity index (χ0v) is 20.4. The minimum Gasteiger partial charge on any atom is -0.493 e. The predicted molar refractivity (Wildman–Crippen MR) is 125 cm³/mol. The Hall–Kier alpha value is -3.18. The first-order valence-corrected chi connectivity index (χ1v) is 12.8. The third-order valence-corrected chi connectivity index (χ3v) is 7.19. The summed E-state index contributed by atoms with van der Waals surface area (Å²) in [5.41, 5.74) is 1.50. The number of methoxy groups -OCH3 is 2. The lowest BCUT2D eigenvalue weighted by Crippen LogP contribution is -3.13. The second-order valence-corrected chi connectivity index (χ2v) is 10.2. The number of quaternary nitrogens is 1. The molecule has 184 valence electrons. The molecular weight excluding hydrogens is 462 g/mol. The van der Waals surface area contributed by atoms with Crippen molar-refractivity contribution in [3.05, 3.63) is 42.0 Å². The van der Waals surface area contributed by atoms with E-state index in [4.69, 9.17) is 18.9 Å². The fourth-order valence-electron chi connectivity index (χ4n) is 4.19. The first-order valence-electron chi connectivity index (χ1n) is 11.0. The van der Waals surface area contributed by atoms with E-state index in [-0.39, 0.29) is 19.2 Å². The van der Waals surface area contributed by atoms with E-state index in [9.17, 15) is 13.2 Å². The summed E-state index contributed by atoms with van der Waals surface area (Å²) in [7, 11) is -0.712. The summed E-state index contributed by atoms with van der Waals surface area (Å²) in [4.78, 5) is 16.1. The Balaban J connectivity index is 1.38. The van der Waals surface area contributed by atoms with Crippen molar-refractivity contribution in [2.45, 2.75) is 6.54 Å². The van der Waals surface area contributed by atoms with Crippen LogP contribution < -0.4 is 28.2 Å². The van der Waals surface area contributed by atoms with Crippen LogP contribution in [0.2, 0.25) is 0 Å². The number of carbonyl (C=O) groups excluding carboxylic acids is 1. The van der Waals surface area contributed by atoms with Crippen molar-refractivity contribution in [2.75, 3.05) is 64.3 Å². The Morgan fingerprint density at radius 2 is 1.74 bits per heavy atom. The minimum atomic E-state index is -3.69. The highest BCUT2D eigenvalue weighted by atomic mass is 32.2. The number of piperazine rings is 1. The van der Waals surface area contributed by atoms with Gasteiger partial charge in [0.1, 0.15) is 13.1 Å². The van der Waals surface area contributed by atoms with Crippen LogP contribution in [0.5, 0.6) is 23.0 Å². The van der Waals surface area contributed by atoms with Gasteiger partial charge in [-0.15, -0.1) is 0 Å². The first kappa shape index (κ1) is 24.0. The molecule has 2 aliphatic rings. The van der Waals surface area contributed by atoms with E-state index >= 15 is 0 Å². The molecule has 0 atom stereocenters. The molecule has 2 heterocycles. The van der Waals surface area contributed by atoms with Crippen LogP contribution in [0.3, 0.4) is 0 Å². The summed E-state index contributed by atoms with van der Waals surface area (Å²) < 4.78 is 47.4. The fraction of sp³-hybridized carbons (Fsp3) is 0.435. The Bertz CT molecular complexity index is 1150. The average Bonchev–Trinajstić information content (AvgIpc) is 3.29. The molecule has 0 radical (unpaired) electrons. The zero-order chi connectivity index (χ0) is 24.3. The number of nitrogens with one attached hydrogen (secondary N) is 1. The average molecular weight is 493 g/mol. The van der Waals surface area contributed by atoms with Crippen LogP contribution in [0.25, 0.3) is 0 Å². The van der Waals surface area contributed by atoms with E-state index in [1.165, 1.54) is 19.1 Å². The van der Waals surface area contributed by atoms with E-state index in [1.54, 1.807) is 23.1 Å². The molecule has 0 unspecified atom stereocenters. The number of hydrogen-bond acceptors (Lipinski definition) is 7. The number of fused-ring (bicyclic) bond motifs is 1. The van der Waals surface area contributed by atoms with Crippen LogP contribution in [-0.2, 0) is 21.4 Å². The summed E-state index contributed by atoms with van der Waals surface area (Å²) in [6.45, 7) is 3.46. The maximum Gasteiger partial charge on any atom is 0.243 e. The molecule has 0 spiro atoms. The molecule has 0 aliphatic carbocycles. The van der Waals surface area contributed by atoms with Crippen LogP contribution in [0.15, 0.2) is 36.4 Å². The van der Waals surface area contributed by atoms with Crippen molar-refractivity contribution in [1.29, 1.82) is 0 Å². The maximum atomic E-state index is 13.0. The number of sulfonamides is 1. The number of nitrogens with zero attached hydrogens (tertiary/aromatic N) is 2. The van der Waals surface area contributed by atoms with Gasteiger partial charge in [-0.05, 0) is 30.3 Å². The van der Waals surface area contributed by atoms with Gasteiger partial charge in [0.05, 0.1) is 52.3 Å². The highest BCUT2D eigenvalue weighted by molar-refractivity contribution is 7.92. The molecule has 2 aliphatic heterocycles. The van der Waals surface area contributed by atoms with Crippen LogP contribution in [0, 0.1) is 0 Å². The molecule has 4 rings (SSSR count). The fourth-order valence-corrected chi connectivity index (χ4v) is 5.03. The maximum absolute atomic E-state index is 13.0. The minimum absolute atomic E-state index is 0.234. The SMILES string of the molecule is COc1ccc(N(CC(=O)N2CC[NH+](Cc3ccc4c(c3)OCO4)CC2)S(C)(=O)=O)cc1OC. The number of hydrogen-bond donors (Lipinski definition) is 1. The number of ether oxygens (including phenoxy) is 4.